The molecule has 1 rings (SSSR count). The summed E-state index contributed by atoms with van der Waals surface area (Å²) in [5, 5.41) is 6.55. The molecule has 126 valence electrons. The van der Waals surface area contributed by atoms with Crippen molar-refractivity contribution < 1.29 is 9.59 Å². The lowest BCUT2D eigenvalue weighted by molar-refractivity contribution is -0.121. The quantitative estimate of drug-likeness (QED) is 0.488. The lowest BCUT2D eigenvalue weighted by Crippen LogP contribution is -2.52. The van der Waals surface area contributed by atoms with E-state index in [0.29, 0.717) is 15.7 Å². The van der Waals surface area contributed by atoms with Gasteiger partial charge in [0.05, 0.1) is 0 Å². The second kappa shape index (κ2) is 8.69. The van der Waals surface area contributed by atoms with Crippen LogP contribution in [0.5, 0.6) is 0 Å². The van der Waals surface area contributed by atoms with Crippen LogP contribution in [0.4, 0.5) is 0 Å². The average molecular weight is 357 g/mol. The maximum Gasteiger partial charge on any atom is 0.251 e. The summed E-state index contributed by atoms with van der Waals surface area (Å²) in [6.45, 7) is 6.08. The molecule has 1 aromatic carbocycles. The second-order valence-corrected chi connectivity index (χ2v) is 6.73. The van der Waals surface area contributed by atoms with Crippen molar-refractivity contribution in [3.05, 3.63) is 34.9 Å². The highest BCUT2D eigenvalue weighted by Crippen LogP contribution is 2.09. The van der Waals surface area contributed by atoms with Crippen LogP contribution in [-0.2, 0) is 4.79 Å². The van der Waals surface area contributed by atoms with Gasteiger partial charge in [0.15, 0.2) is 5.11 Å². The first kappa shape index (κ1) is 19.2. The molecule has 0 aliphatic rings. The molecule has 1 aromatic rings. The smallest absolute Gasteiger partial charge is 0.251 e. The minimum Gasteiger partial charge on any atom is -0.357 e. The van der Waals surface area contributed by atoms with Crippen molar-refractivity contribution in [3.8, 4) is 0 Å². The van der Waals surface area contributed by atoms with Crippen LogP contribution in [0, 0.1) is 0 Å². The van der Waals surface area contributed by atoms with Gasteiger partial charge in [0.25, 0.3) is 5.91 Å². The normalized spacial score (nSPS) is 10.6. The van der Waals surface area contributed by atoms with Crippen LogP contribution < -0.4 is 21.5 Å². The Bertz CT molecular complexity index is 570. The van der Waals surface area contributed by atoms with Crippen LogP contribution in [0.1, 0.15) is 37.6 Å². The summed E-state index contributed by atoms with van der Waals surface area (Å²) in [6.07, 6.45) is 0.129. The van der Waals surface area contributed by atoms with Crippen LogP contribution >= 0.6 is 23.8 Å². The lowest BCUT2D eigenvalue weighted by atomic mass is 10.1. The van der Waals surface area contributed by atoms with Crippen molar-refractivity contribution in [2.45, 2.75) is 32.7 Å². The number of thiocarbonyl (C=S) groups is 1. The van der Waals surface area contributed by atoms with E-state index in [1.807, 2.05) is 20.8 Å². The van der Waals surface area contributed by atoms with Gasteiger partial charge in [0, 0.05) is 29.1 Å². The predicted octanol–water partition coefficient (Wildman–Crippen LogP) is 1.75. The van der Waals surface area contributed by atoms with Crippen molar-refractivity contribution in [3.63, 3.8) is 0 Å². The molecule has 0 fully saturated rings. The number of amides is 2. The average Bonchev–Trinajstić information content (AvgIpc) is 2.44. The van der Waals surface area contributed by atoms with Crippen LogP contribution in [0.3, 0.4) is 0 Å². The van der Waals surface area contributed by atoms with Gasteiger partial charge in [-0.2, -0.15) is 0 Å². The number of benzene rings is 1. The van der Waals surface area contributed by atoms with E-state index in [1.165, 1.54) is 0 Å². The number of hydrogen-bond donors (Lipinski definition) is 4. The first-order chi connectivity index (χ1) is 10.7. The van der Waals surface area contributed by atoms with Crippen LogP contribution in [0.15, 0.2) is 24.3 Å². The van der Waals surface area contributed by atoms with Gasteiger partial charge >= 0.3 is 0 Å². The second-order valence-electron chi connectivity index (χ2n) is 5.89. The van der Waals surface area contributed by atoms with Crippen molar-refractivity contribution >= 4 is 40.7 Å². The Balaban J connectivity index is 2.25. The minimum absolute atomic E-state index is 0.129. The van der Waals surface area contributed by atoms with E-state index < -0.39 is 0 Å². The highest BCUT2D eigenvalue weighted by Gasteiger charge is 2.11. The molecule has 0 atom stereocenters. The Kier molecular flexibility index (Phi) is 7.25. The van der Waals surface area contributed by atoms with Gasteiger partial charge < -0.3 is 10.6 Å². The Morgan fingerprint density at radius 3 is 2.30 bits per heavy atom. The highest BCUT2D eigenvalue weighted by atomic mass is 35.5. The molecule has 2 amide bonds. The van der Waals surface area contributed by atoms with E-state index in [2.05, 4.69) is 21.5 Å². The molecule has 0 bridgehead atoms. The van der Waals surface area contributed by atoms with Crippen molar-refractivity contribution in [1.82, 2.24) is 21.5 Å². The third-order valence-electron chi connectivity index (χ3n) is 2.55. The van der Waals surface area contributed by atoms with Gasteiger partial charge in [-0.25, -0.2) is 0 Å². The molecule has 0 saturated heterocycles. The SMILES string of the molecule is CC(C)(C)NC(=S)NNC(=O)CCNC(=O)c1ccc(Cl)cc1. The van der Waals surface area contributed by atoms with E-state index in [-0.39, 0.29) is 30.3 Å². The largest absolute Gasteiger partial charge is 0.357 e. The number of halogens is 1. The summed E-state index contributed by atoms with van der Waals surface area (Å²) < 4.78 is 0. The molecule has 0 aromatic heterocycles. The minimum atomic E-state index is -0.278. The van der Waals surface area contributed by atoms with Gasteiger partial charge in [0.1, 0.15) is 0 Å². The summed E-state index contributed by atoms with van der Waals surface area (Å²) in [5.41, 5.74) is 5.37. The van der Waals surface area contributed by atoms with Gasteiger partial charge in [-0.1, -0.05) is 11.6 Å². The predicted molar refractivity (Wildman–Crippen MR) is 95.2 cm³/mol. The third-order valence-corrected chi connectivity index (χ3v) is 3.00. The Morgan fingerprint density at radius 2 is 1.74 bits per heavy atom. The summed E-state index contributed by atoms with van der Waals surface area (Å²) in [5.74, 6) is -0.535. The Morgan fingerprint density at radius 1 is 1.13 bits per heavy atom. The molecule has 0 heterocycles. The molecule has 0 radical (unpaired) electrons. The van der Waals surface area contributed by atoms with E-state index in [4.69, 9.17) is 23.8 Å². The fourth-order valence-electron chi connectivity index (χ4n) is 1.55. The molecule has 0 aliphatic heterocycles. The molecular weight excluding hydrogens is 336 g/mol. The number of hydrazine groups is 1. The van der Waals surface area contributed by atoms with Gasteiger partial charge in [-0.15, -0.1) is 0 Å². The standard InChI is InChI=1S/C15H21ClN4O2S/c1-15(2,3)18-14(23)20-19-12(21)8-9-17-13(22)10-4-6-11(16)7-5-10/h4-7H,8-9H2,1-3H3,(H,17,22)(H,19,21)(H2,18,20,23). The fraction of sp³-hybridized carbons (Fsp3) is 0.400. The summed E-state index contributed by atoms with van der Waals surface area (Å²) in [6, 6.07) is 6.51. The number of nitrogens with one attached hydrogen (secondary N) is 4. The number of rotatable bonds is 4. The fourth-order valence-corrected chi connectivity index (χ4v) is 2.04. The van der Waals surface area contributed by atoms with Crippen molar-refractivity contribution in [1.29, 1.82) is 0 Å². The Hall–Kier alpha value is -1.86. The van der Waals surface area contributed by atoms with Crippen LogP contribution in [0.2, 0.25) is 5.02 Å². The summed E-state index contributed by atoms with van der Waals surface area (Å²) in [4.78, 5) is 23.5. The Labute approximate surface area is 146 Å². The first-order valence-electron chi connectivity index (χ1n) is 7.08. The first-order valence-corrected chi connectivity index (χ1v) is 7.87. The van der Waals surface area contributed by atoms with Crippen molar-refractivity contribution in [2.75, 3.05) is 6.54 Å². The molecule has 8 heteroatoms. The maximum atomic E-state index is 11.8. The molecule has 0 saturated carbocycles. The van der Waals surface area contributed by atoms with Gasteiger partial charge in [-0.05, 0) is 57.3 Å². The molecule has 0 aliphatic carbocycles. The molecule has 0 spiro atoms. The van der Waals surface area contributed by atoms with Crippen LogP contribution in [0.25, 0.3) is 0 Å². The zero-order valence-corrected chi connectivity index (χ0v) is 14.9. The topological polar surface area (TPSA) is 82.3 Å². The molecular formula is C15H21ClN4O2S. The zero-order valence-electron chi connectivity index (χ0n) is 13.3. The zero-order chi connectivity index (χ0) is 17.5. The molecule has 0 unspecified atom stereocenters. The summed E-state index contributed by atoms with van der Waals surface area (Å²) in [7, 11) is 0. The highest BCUT2D eigenvalue weighted by molar-refractivity contribution is 7.80. The number of carbonyl (C=O) groups excluding carboxylic acids is 2. The number of carbonyl (C=O) groups is 2. The maximum absolute atomic E-state index is 11.8. The van der Waals surface area contributed by atoms with Crippen molar-refractivity contribution in [2.24, 2.45) is 0 Å². The lowest BCUT2D eigenvalue weighted by Gasteiger charge is -2.23. The van der Waals surface area contributed by atoms with Gasteiger partial charge in [-0.3, -0.25) is 20.4 Å². The summed E-state index contributed by atoms with van der Waals surface area (Å²) >= 11 is 10.8. The van der Waals surface area contributed by atoms with Gasteiger partial charge in [0.2, 0.25) is 5.91 Å². The molecule has 4 N–H and O–H groups in total. The van der Waals surface area contributed by atoms with E-state index in [1.54, 1.807) is 24.3 Å². The van der Waals surface area contributed by atoms with E-state index in [9.17, 15) is 9.59 Å². The van der Waals surface area contributed by atoms with Crippen LogP contribution in [-0.4, -0.2) is 29.0 Å². The molecule has 23 heavy (non-hydrogen) atoms. The van der Waals surface area contributed by atoms with E-state index in [0.717, 1.165) is 0 Å². The number of hydrogen-bond acceptors (Lipinski definition) is 3. The monoisotopic (exact) mass is 356 g/mol. The molecule has 6 nitrogen and oxygen atoms in total. The van der Waals surface area contributed by atoms with E-state index >= 15 is 0 Å². The third kappa shape index (κ3) is 8.37.